The maximum absolute atomic E-state index is 4.76. The van der Waals surface area contributed by atoms with Gasteiger partial charge < -0.3 is 5.32 Å². The van der Waals surface area contributed by atoms with Gasteiger partial charge in [-0.3, -0.25) is 0 Å². The third-order valence-corrected chi connectivity index (χ3v) is 4.24. The molecule has 3 rings (SSSR count). The number of aryl methyl sites for hydroxylation is 2. The Balaban J connectivity index is 2.12. The molecule has 3 nitrogen and oxygen atoms in total. The van der Waals surface area contributed by atoms with Gasteiger partial charge in [0.15, 0.2) is 5.82 Å². The Bertz CT molecular complexity index is 574. The van der Waals surface area contributed by atoms with Gasteiger partial charge in [0.05, 0.1) is 0 Å². The van der Waals surface area contributed by atoms with E-state index >= 15 is 0 Å². The second kappa shape index (κ2) is 4.69. The summed E-state index contributed by atoms with van der Waals surface area (Å²) in [4.78, 5) is 9.48. The number of nitrogens with zero attached hydrogens (tertiary/aromatic N) is 2. The molecule has 4 heteroatoms. The molecule has 0 amide bonds. The van der Waals surface area contributed by atoms with Crippen molar-refractivity contribution >= 4 is 17.2 Å². The molecule has 2 heterocycles. The van der Waals surface area contributed by atoms with Crippen LogP contribution in [-0.4, -0.2) is 16.5 Å². The number of hydrogen-bond acceptors (Lipinski definition) is 4. The van der Waals surface area contributed by atoms with Crippen molar-refractivity contribution in [1.82, 2.24) is 9.97 Å². The van der Waals surface area contributed by atoms with Gasteiger partial charge in [-0.15, -0.1) is 0 Å². The van der Waals surface area contributed by atoms with Crippen LogP contribution in [0.4, 0.5) is 5.82 Å². The van der Waals surface area contributed by atoms with Crippen molar-refractivity contribution in [3.8, 4) is 11.4 Å². The molecule has 18 heavy (non-hydrogen) atoms. The summed E-state index contributed by atoms with van der Waals surface area (Å²) < 4.78 is 0. The largest absolute Gasteiger partial charge is 0.370 e. The molecule has 0 atom stereocenters. The molecule has 2 aromatic rings. The minimum Gasteiger partial charge on any atom is -0.370 e. The number of anilines is 1. The molecule has 94 valence electrons. The fraction of sp³-hybridized carbons (Fsp3) is 0.429. The first kappa shape index (κ1) is 11.7. The van der Waals surface area contributed by atoms with Gasteiger partial charge in [-0.1, -0.05) is 0 Å². The van der Waals surface area contributed by atoms with E-state index in [9.17, 15) is 0 Å². The van der Waals surface area contributed by atoms with Crippen molar-refractivity contribution in [2.24, 2.45) is 0 Å². The van der Waals surface area contributed by atoms with Crippen LogP contribution in [0.25, 0.3) is 11.4 Å². The smallest absolute Gasteiger partial charge is 0.162 e. The molecule has 0 spiro atoms. The Morgan fingerprint density at radius 1 is 1.28 bits per heavy atom. The minimum atomic E-state index is 0.880. The average Bonchev–Trinajstić information content (AvgIpc) is 2.97. The third-order valence-electron chi connectivity index (χ3n) is 3.37. The highest BCUT2D eigenvalue weighted by Crippen LogP contribution is 2.31. The van der Waals surface area contributed by atoms with Crippen molar-refractivity contribution in [2.75, 3.05) is 11.9 Å². The topological polar surface area (TPSA) is 37.8 Å². The second-order valence-corrected chi connectivity index (χ2v) is 5.42. The monoisotopic (exact) mass is 259 g/mol. The Morgan fingerprint density at radius 3 is 2.89 bits per heavy atom. The van der Waals surface area contributed by atoms with E-state index in [1.807, 2.05) is 0 Å². The molecule has 0 saturated heterocycles. The highest BCUT2D eigenvalue weighted by atomic mass is 32.1. The lowest BCUT2D eigenvalue weighted by Crippen LogP contribution is -2.06. The SMILES string of the molecule is CCNc1nc(-c2cscc2C)nc2c1CCC2. The Labute approximate surface area is 111 Å². The maximum Gasteiger partial charge on any atom is 0.162 e. The van der Waals surface area contributed by atoms with Crippen molar-refractivity contribution in [2.45, 2.75) is 33.1 Å². The van der Waals surface area contributed by atoms with Gasteiger partial charge in [0.25, 0.3) is 0 Å². The number of hydrogen-bond donors (Lipinski definition) is 1. The summed E-state index contributed by atoms with van der Waals surface area (Å²) in [6, 6.07) is 0. The zero-order valence-electron chi connectivity index (χ0n) is 10.8. The Morgan fingerprint density at radius 2 is 2.17 bits per heavy atom. The summed E-state index contributed by atoms with van der Waals surface area (Å²) in [7, 11) is 0. The van der Waals surface area contributed by atoms with E-state index in [2.05, 4.69) is 29.9 Å². The lowest BCUT2D eigenvalue weighted by molar-refractivity contribution is 0.900. The van der Waals surface area contributed by atoms with E-state index in [-0.39, 0.29) is 0 Å². The van der Waals surface area contributed by atoms with Gasteiger partial charge in [-0.2, -0.15) is 11.3 Å². The van der Waals surface area contributed by atoms with Crippen LogP contribution in [0.5, 0.6) is 0 Å². The molecule has 0 bridgehead atoms. The van der Waals surface area contributed by atoms with Crippen LogP contribution in [0.2, 0.25) is 0 Å². The van der Waals surface area contributed by atoms with Crippen LogP contribution >= 0.6 is 11.3 Å². The maximum atomic E-state index is 4.76. The number of fused-ring (bicyclic) bond motifs is 1. The molecule has 1 aliphatic carbocycles. The van der Waals surface area contributed by atoms with E-state index < -0.39 is 0 Å². The summed E-state index contributed by atoms with van der Waals surface area (Å²) in [6.45, 7) is 5.14. The molecule has 0 saturated carbocycles. The molecule has 1 N–H and O–H groups in total. The van der Waals surface area contributed by atoms with Crippen molar-refractivity contribution < 1.29 is 0 Å². The first-order valence-electron chi connectivity index (χ1n) is 6.46. The highest BCUT2D eigenvalue weighted by molar-refractivity contribution is 7.08. The fourth-order valence-electron chi connectivity index (χ4n) is 2.46. The molecule has 0 fully saturated rings. The normalized spacial score (nSPS) is 13.7. The minimum absolute atomic E-state index is 0.880. The van der Waals surface area contributed by atoms with Crippen molar-refractivity contribution in [3.05, 3.63) is 27.6 Å². The van der Waals surface area contributed by atoms with Crippen LogP contribution in [0.1, 0.15) is 30.2 Å². The van der Waals surface area contributed by atoms with Crippen LogP contribution in [-0.2, 0) is 12.8 Å². The zero-order valence-corrected chi connectivity index (χ0v) is 11.6. The molecule has 2 aromatic heterocycles. The summed E-state index contributed by atoms with van der Waals surface area (Å²) in [5.74, 6) is 1.92. The fourth-order valence-corrected chi connectivity index (χ4v) is 3.28. The third kappa shape index (κ3) is 1.90. The Hall–Kier alpha value is -1.42. The van der Waals surface area contributed by atoms with Crippen molar-refractivity contribution in [3.63, 3.8) is 0 Å². The van der Waals surface area contributed by atoms with E-state index in [1.54, 1.807) is 11.3 Å². The summed E-state index contributed by atoms with van der Waals surface area (Å²) in [5.41, 5.74) is 5.00. The molecule has 0 aliphatic heterocycles. The lowest BCUT2D eigenvalue weighted by Gasteiger charge is -2.10. The number of aromatic nitrogens is 2. The summed E-state index contributed by atoms with van der Waals surface area (Å²) >= 11 is 1.71. The van der Waals surface area contributed by atoms with E-state index in [1.165, 1.54) is 28.8 Å². The Kier molecular flexibility index (Phi) is 3.04. The van der Waals surface area contributed by atoms with Crippen molar-refractivity contribution in [1.29, 1.82) is 0 Å². The lowest BCUT2D eigenvalue weighted by atomic mass is 10.2. The summed E-state index contributed by atoms with van der Waals surface area (Å²) in [6.07, 6.45) is 3.40. The first-order chi connectivity index (χ1) is 8.79. The molecule has 0 unspecified atom stereocenters. The number of rotatable bonds is 3. The predicted octanol–water partition coefficient (Wildman–Crippen LogP) is 3.43. The predicted molar refractivity (Wildman–Crippen MR) is 76.3 cm³/mol. The van der Waals surface area contributed by atoms with Gasteiger partial charge in [0, 0.05) is 28.7 Å². The van der Waals surface area contributed by atoms with E-state index in [0.717, 1.165) is 31.0 Å². The molecule has 0 aromatic carbocycles. The molecule has 1 aliphatic rings. The first-order valence-corrected chi connectivity index (χ1v) is 7.40. The average molecular weight is 259 g/mol. The second-order valence-electron chi connectivity index (χ2n) is 4.67. The molecular formula is C14H17N3S. The van der Waals surface area contributed by atoms with Gasteiger partial charge in [-0.05, 0) is 44.1 Å². The van der Waals surface area contributed by atoms with Crippen LogP contribution < -0.4 is 5.32 Å². The zero-order chi connectivity index (χ0) is 12.5. The van der Waals surface area contributed by atoms with Gasteiger partial charge >= 0.3 is 0 Å². The van der Waals surface area contributed by atoms with Gasteiger partial charge in [-0.25, -0.2) is 9.97 Å². The van der Waals surface area contributed by atoms with Crippen LogP contribution in [0, 0.1) is 6.92 Å². The molecular weight excluding hydrogens is 242 g/mol. The van der Waals surface area contributed by atoms with Gasteiger partial charge in [0.1, 0.15) is 5.82 Å². The van der Waals surface area contributed by atoms with Crippen LogP contribution in [0.15, 0.2) is 10.8 Å². The highest BCUT2D eigenvalue weighted by Gasteiger charge is 2.20. The number of nitrogens with one attached hydrogen (secondary N) is 1. The van der Waals surface area contributed by atoms with E-state index in [0.29, 0.717) is 0 Å². The quantitative estimate of drug-likeness (QED) is 0.917. The number of thiophene rings is 1. The van der Waals surface area contributed by atoms with Gasteiger partial charge in [0.2, 0.25) is 0 Å². The molecule has 0 radical (unpaired) electrons. The summed E-state index contributed by atoms with van der Waals surface area (Å²) in [5, 5.41) is 7.67. The standard InChI is InChI=1S/C14H17N3S/c1-3-15-13-10-5-4-6-12(10)16-14(17-13)11-8-18-7-9(11)2/h7-8H,3-6H2,1-2H3,(H,15,16,17). The van der Waals surface area contributed by atoms with Crippen LogP contribution in [0.3, 0.4) is 0 Å². The van der Waals surface area contributed by atoms with E-state index in [4.69, 9.17) is 9.97 Å².